The SMILES string of the molecule is CCC1(O)c2cc(Br)ccc2OC12CCN(C(=O)OC(C)(C)C)CC2. The number of amides is 1. The molecule has 1 atom stereocenters. The van der Waals surface area contributed by atoms with Crippen LogP contribution in [0, 0.1) is 0 Å². The molecule has 0 aromatic heterocycles. The zero-order valence-corrected chi connectivity index (χ0v) is 16.9. The van der Waals surface area contributed by atoms with Crippen molar-refractivity contribution in [2.24, 2.45) is 0 Å². The maximum atomic E-state index is 12.3. The molecule has 0 bridgehead atoms. The minimum Gasteiger partial charge on any atom is -0.483 e. The van der Waals surface area contributed by atoms with E-state index in [0.717, 1.165) is 15.8 Å². The van der Waals surface area contributed by atoms with Gasteiger partial charge in [-0.15, -0.1) is 0 Å². The number of aliphatic hydroxyl groups is 1. The van der Waals surface area contributed by atoms with Gasteiger partial charge in [0.25, 0.3) is 0 Å². The van der Waals surface area contributed by atoms with Gasteiger partial charge in [-0.1, -0.05) is 22.9 Å². The first-order valence-electron chi connectivity index (χ1n) is 8.80. The van der Waals surface area contributed by atoms with Crippen molar-refractivity contribution in [2.75, 3.05) is 13.1 Å². The maximum absolute atomic E-state index is 12.3. The first kappa shape index (κ1) is 18.5. The Bertz CT molecular complexity index is 676. The smallest absolute Gasteiger partial charge is 0.410 e. The number of fused-ring (bicyclic) bond motifs is 1. The predicted molar refractivity (Wildman–Crippen MR) is 98.7 cm³/mol. The van der Waals surface area contributed by atoms with Crippen LogP contribution in [-0.4, -0.2) is 40.4 Å². The third-order valence-electron chi connectivity index (χ3n) is 5.18. The number of ether oxygens (including phenoxy) is 2. The van der Waals surface area contributed by atoms with E-state index in [1.54, 1.807) is 4.90 Å². The lowest BCUT2D eigenvalue weighted by Crippen LogP contribution is -2.58. The van der Waals surface area contributed by atoms with Gasteiger partial charge in [0, 0.05) is 36.0 Å². The third-order valence-corrected chi connectivity index (χ3v) is 5.67. The molecule has 0 radical (unpaired) electrons. The molecule has 1 aromatic rings. The molecule has 6 heteroatoms. The van der Waals surface area contributed by atoms with Gasteiger partial charge in [0.15, 0.2) is 0 Å². The van der Waals surface area contributed by atoms with Crippen LogP contribution < -0.4 is 4.74 Å². The van der Waals surface area contributed by atoms with Gasteiger partial charge in [-0.3, -0.25) is 0 Å². The molecule has 2 aliphatic heterocycles. The van der Waals surface area contributed by atoms with Crippen LogP contribution in [0.1, 0.15) is 52.5 Å². The van der Waals surface area contributed by atoms with E-state index in [-0.39, 0.29) is 6.09 Å². The van der Waals surface area contributed by atoms with Crippen LogP contribution in [-0.2, 0) is 10.3 Å². The van der Waals surface area contributed by atoms with Crippen LogP contribution in [0.25, 0.3) is 0 Å². The Kier molecular flexibility index (Phi) is 4.57. The average Bonchev–Trinajstić information content (AvgIpc) is 2.76. The van der Waals surface area contributed by atoms with Crippen molar-refractivity contribution in [3.63, 3.8) is 0 Å². The summed E-state index contributed by atoms with van der Waals surface area (Å²) in [6.07, 6.45) is 1.40. The van der Waals surface area contributed by atoms with E-state index >= 15 is 0 Å². The summed E-state index contributed by atoms with van der Waals surface area (Å²) in [5.41, 5.74) is -1.42. The second-order valence-electron chi connectivity index (χ2n) is 7.92. The summed E-state index contributed by atoms with van der Waals surface area (Å²) in [6.45, 7) is 8.57. The Labute approximate surface area is 157 Å². The van der Waals surface area contributed by atoms with Gasteiger partial charge < -0.3 is 19.5 Å². The van der Waals surface area contributed by atoms with Gasteiger partial charge in [0.1, 0.15) is 22.6 Å². The highest BCUT2D eigenvalue weighted by Gasteiger charge is 2.59. The highest BCUT2D eigenvalue weighted by atomic mass is 79.9. The average molecular weight is 412 g/mol. The van der Waals surface area contributed by atoms with Crippen LogP contribution in [0.3, 0.4) is 0 Å². The highest BCUT2D eigenvalue weighted by Crippen LogP contribution is 2.54. The molecule has 3 rings (SSSR count). The fraction of sp³-hybridized carbons (Fsp3) is 0.632. The lowest BCUT2D eigenvalue weighted by atomic mass is 9.72. The number of benzene rings is 1. The molecule has 25 heavy (non-hydrogen) atoms. The summed E-state index contributed by atoms with van der Waals surface area (Å²) >= 11 is 3.48. The molecule has 1 unspecified atom stereocenters. The Morgan fingerprint density at radius 3 is 2.56 bits per heavy atom. The van der Waals surface area contributed by atoms with E-state index in [1.807, 2.05) is 45.9 Å². The van der Waals surface area contributed by atoms with E-state index in [0.29, 0.717) is 32.4 Å². The largest absolute Gasteiger partial charge is 0.483 e. The van der Waals surface area contributed by atoms with Crippen molar-refractivity contribution in [2.45, 2.75) is 63.8 Å². The van der Waals surface area contributed by atoms with Crippen molar-refractivity contribution in [1.29, 1.82) is 0 Å². The van der Waals surface area contributed by atoms with Crippen molar-refractivity contribution < 1.29 is 19.4 Å². The summed E-state index contributed by atoms with van der Waals surface area (Å²) in [4.78, 5) is 14.0. The number of hydrogen-bond acceptors (Lipinski definition) is 4. The number of hydrogen-bond donors (Lipinski definition) is 1. The molecule has 0 aliphatic carbocycles. The van der Waals surface area contributed by atoms with Crippen molar-refractivity contribution in [3.8, 4) is 5.75 Å². The fourth-order valence-electron chi connectivity index (χ4n) is 3.86. The minimum absolute atomic E-state index is 0.305. The lowest BCUT2D eigenvalue weighted by Gasteiger charge is -2.46. The summed E-state index contributed by atoms with van der Waals surface area (Å²) < 4.78 is 12.7. The van der Waals surface area contributed by atoms with Gasteiger partial charge in [-0.05, 0) is 45.4 Å². The van der Waals surface area contributed by atoms with Gasteiger partial charge in [0.2, 0.25) is 0 Å². The molecule has 5 nitrogen and oxygen atoms in total. The normalized spacial score (nSPS) is 24.8. The number of rotatable bonds is 1. The first-order valence-corrected chi connectivity index (χ1v) is 9.59. The monoisotopic (exact) mass is 411 g/mol. The van der Waals surface area contributed by atoms with Gasteiger partial charge in [-0.2, -0.15) is 0 Å². The minimum atomic E-state index is -1.05. The van der Waals surface area contributed by atoms with Crippen LogP contribution in [0.2, 0.25) is 0 Å². The predicted octanol–water partition coefficient (Wildman–Crippen LogP) is 4.21. The summed E-state index contributed by atoms with van der Waals surface area (Å²) in [5, 5.41) is 11.5. The Morgan fingerprint density at radius 2 is 2.00 bits per heavy atom. The summed E-state index contributed by atoms with van der Waals surface area (Å²) in [7, 11) is 0. The number of likely N-dealkylation sites (tertiary alicyclic amines) is 1. The number of carbonyl (C=O) groups excluding carboxylic acids is 1. The van der Waals surface area contributed by atoms with Crippen LogP contribution >= 0.6 is 15.9 Å². The number of piperidine rings is 1. The molecule has 1 aromatic carbocycles. The zero-order valence-electron chi connectivity index (χ0n) is 15.3. The van der Waals surface area contributed by atoms with Crippen molar-refractivity contribution >= 4 is 22.0 Å². The topological polar surface area (TPSA) is 59.0 Å². The zero-order chi connectivity index (χ0) is 18.5. The molecule has 1 fully saturated rings. The summed E-state index contributed by atoms with van der Waals surface area (Å²) in [5.74, 6) is 0.735. The molecule has 1 N–H and O–H groups in total. The highest BCUT2D eigenvalue weighted by molar-refractivity contribution is 9.10. The second-order valence-corrected chi connectivity index (χ2v) is 8.83. The van der Waals surface area contributed by atoms with Gasteiger partial charge >= 0.3 is 6.09 Å². The molecule has 1 amide bonds. The van der Waals surface area contributed by atoms with E-state index in [2.05, 4.69) is 15.9 Å². The molecule has 1 saturated heterocycles. The van der Waals surface area contributed by atoms with E-state index < -0.39 is 16.8 Å². The molecule has 138 valence electrons. The standard InChI is InChI=1S/C19H26BrNO4/c1-5-19(23)14-12-13(20)6-7-15(14)24-18(19)8-10-21(11-9-18)16(22)25-17(2,3)4/h6-7,12,23H,5,8-11H2,1-4H3. The molecular formula is C19H26BrNO4. The first-order chi connectivity index (χ1) is 11.6. The fourth-order valence-corrected chi connectivity index (χ4v) is 4.22. The Balaban J connectivity index is 1.80. The van der Waals surface area contributed by atoms with Gasteiger partial charge in [-0.25, -0.2) is 4.79 Å². The molecular weight excluding hydrogens is 386 g/mol. The van der Waals surface area contributed by atoms with Crippen molar-refractivity contribution in [3.05, 3.63) is 28.2 Å². The number of nitrogens with zero attached hydrogens (tertiary/aromatic N) is 1. The van der Waals surface area contributed by atoms with E-state index in [4.69, 9.17) is 9.47 Å². The Hall–Kier alpha value is -1.27. The van der Waals surface area contributed by atoms with Gasteiger partial charge in [0.05, 0.1) is 0 Å². The quantitative estimate of drug-likeness (QED) is 0.751. The Morgan fingerprint density at radius 1 is 1.36 bits per heavy atom. The molecule has 0 saturated carbocycles. The third kappa shape index (κ3) is 3.14. The molecule has 2 heterocycles. The number of carbonyl (C=O) groups is 1. The van der Waals surface area contributed by atoms with E-state index in [1.165, 1.54) is 0 Å². The van der Waals surface area contributed by atoms with Crippen LogP contribution in [0.15, 0.2) is 22.7 Å². The van der Waals surface area contributed by atoms with Crippen LogP contribution in [0.5, 0.6) is 5.75 Å². The number of halogens is 1. The van der Waals surface area contributed by atoms with Crippen LogP contribution in [0.4, 0.5) is 4.79 Å². The lowest BCUT2D eigenvalue weighted by molar-refractivity contribution is -0.142. The van der Waals surface area contributed by atoms with Crippen molar-refractivity contribution in [1.82, 2.24) is 4.90 Å². The maximum Gasteiger partial charge on any atom is 0.410 e. The summed E-state index contributed by atoms with van der Waals surface area (Å²) in [6, 6.07) is 5.76. The molecule has 2 aliphatic rings. The molecule has 1 spiro atoms. The second kappa shape index (κ2) is 6.16. The van der Waals surface area contributed by atoms with E-state index in [9.17, 15) is 9.90 Å².